The van der Waals surface area contributed by atoms with E-state index >= 15 is 0 Å². The zero-order valence-corrected chi connectivity index (χ0v) is 19.2. The quantitative estimate of drug-likeness (QED) is 0.374. The number of carbonyl (C=O) groups is 1. The summed E-state index contributed by atoms with van der Waals surface area (Å²) < 4.78 is 67.9. The number of carbonyl (C=O) groups excluding carboxylic acids is 1. The van der Waals surface area contributed by atoms with Gasteiger partial charge in [-0.25, -0.2) is 17.8 Å². The number of hydrazone groups is 1. The molecule has 1 amide bonds. The van der Waals surface area contributed by atoms with Crippen molar-refractivity contribution in [2.75, 3.05) is 0 Å². The number of amides is 1. The summed E-state index contributed by atoms with van der Waals surface area (Å²) in [6.07, 6.45) is -3.65. The lowest BCUT2D eigenvalue weighted by molar-refractivity contribution is -0.274. The first-order valence-corrected chi connectivity index (χ1v) is 11.2. The van der Waals surface area contributed by atoms with Crippen molar-refractivity contribution in [1.82, 2.24) is 9.40 Å². The van der Waals surface area contributed by atoms with Crippen LogP contribution < -0.4 is 10.2 Å². The zero-order chi connectivity index (χ0) is 25.3. The third kappa shape index (κ3) is 5.51. The fraction of sp³-hybridized carbons (Fsp3) is 0.143. The molecule has 0 fully saturated rings. The molecular weight excluding hydrogens is 499 g/mol. The first-order chi connectivity index (χ1) is 15.8. The van der Waals surface area contributed by atoms with Crippen molar-refractivity contribution in [3.05, 3.63) is 76.1 Å². The van der Waals surface area contributed by atoms with Gasteiger partial charge in [0, 0.05) is 22.5 Å². The molecule has 0 bridgehead atoms. The van der Waals surface area contributed by atoms with E-state index in [0.717, 1.165) is 28.2 Å². The lowest BCUT2D eigenvalue weighted by Crippen LogP contribution is -2.18. The second-order valence-corrected chi connectivity index (χ2v) is 9.17. The van der Waals surface area contributed by atoms with E-state index in [2.05, 4.69) is 15.3 Å². The van der Waals surface area contributed by atoms with E-state index in [-0.39, 0.29) is 26.9 Å². The Bertz CT molecular complexity index is 1370. The molecule has 3 aromatic rings. The van der Waals surface area contributed by atoms with E-state index in [4.69, 9.17) is 11.6 Å². The molecule has 2 N–H and O–H groups in total. The van der Waals surface area contributed by atoms with E-state index < -0.39 is 28.0 Å². The number of phenolic OH excluding ortho intramolecular Hbond substituents is 1. The summed E-state index contributed by atoms with van der Waals surface area (Å²) in [5.41, 5.74) is 3.37. The average Bonchev–Trinajstić information content (AvgIpc) is 3.03. The monoisotopic (exact) mass is 515 g/mol. The number of nitrogens with zero attached hydrogens (tertiary/aromatic N) is 2. The molecule has 0 saturated carbocycles. The number of hydrogen-bond donors (Lipinski definition) is 2. The standard InChI is InChI=1S/C21H17ClF3N3O5S/c1-12-9-15(11-26-27-20(30)14-3-8-19(29)18(22)10-14)13(2)28(12)34(31,32)17-6-4-16(5-7-17)33-21(23,24)25/h3-11,29H,1-2H3,(H,27,30). The Labute approximate surface area is 197 Å². The lowest BCUT2D eigenvalue weighted by atomic mass is 10.2. The third-order valence-electron chi connectivity index (χ3n) is 4.58. The van der Waals surface area contributed by atoms with Gasteiger partial charge in [-0.1, -0.05) is 11.6 Å². The van der Waals surface area contributed by atoms with Crippen LogP contribution in [0.3, 0.4) is 0 Å². The molecule has 0 aliphatic heterocycles. The number of aromatic hydroxyl groups is 1. The molecule has 180 valence electrons. The highest BCUT2D eigenvalue weighted by Gasteiger charge is 2.31. The molecule has 1 heterocycles. The molecular formula is C21H17ClF3N3O5S. The summed E-state index contributed by atoms with van der Waals surface area (Å²) in [6.45, 7) is 3.04. The summed E-state index contributed by atoms with van der Waals surface area (Å²) >= 11 is 5.77. The Balaban J connectivity index is 1.81. The van der Waals surface area contributed by atoms with Crippen molar-refractivity contribution in [3.63, 3.8) is 0 Å². The summed E-state index contributed by atoms with van der Waals surface area (Å²) in [7, 11) is -4.14. The van der Waals surface area contributed by atoms with Crippen molar-refractivity contribution < 1.29 is 36.2 Å². The lowest BCUT2D eigenvalue weighted by Gasteiger charge is -2.12. The van der Waals surface area contributed by atoms with Gasteiger partial charge in [0.25, 0.3) is 15.9 Å². The van der Waals surface area contributed by atoms with Gasteiger partial charge >= 0.3 is 6.36 Å². The number of benzene rings is 2. The minimum atomic E-state index is -4.90. The van der Waals surface area contributed by atoms with Crippen molar-refractivity contribution in [2.45, 2.75) is 25.1 Å². The molecule has 34 heavy (non-hydrogen) atoms. The molecule has 13 heteroatoms. The molecule has 0 saturated heterocycles. The van der Waals surface area contributed by atoms with E-state index in [0.29, 0.717) is 11.3 Å². The number of aromatic nitrogens is 1. The maximum Gasteiger partial charge on any atom is 0.573 e. The van der Waals surface area contributed by atoms with Crippen LogP contribution in [0, 0.1) is 13.8 Å². The van der Waals surface area contributed by atoms with Gasteiger partial charge in [-0.2, -0.15) is 5.10 Å². The highest BCUT2D eigenvalue weighted by atomic mass is 35.5. The van der Waals surface area contributed by atoms with E-state index in [1.807, 2.05) is 0 Å². The minimum absolute atomic E-state index is 0.0108. The van der Waals surface area contributed by atoms with Crippen LogP contribution in [0.1, 0.15) is 27.3 Å². The topological polar surface area (TPSA) is 110 Å². The molecule has 1 aromatic heterocycles. The summed E-state index contributed by atoms with van der Waals surface area (Å²) in [5, 5.41) is 13.2. The van der Waals surface area contributed by atoms with Gasteiger partial charge in [0.2, 0.25) is 0 Å². The van der Waals surface area contributed by atoms with Crippen molar-refractivity contribution in [1.29, 1.82) is 0 Å². The van der Waals surface area contributed by atoms with Gasteiger partial charge in [0.1, 0.15) is 11.5 Å². The van der Waals surface area contributed by atoms with Crippen LogP contribution in [-0.4, -0.2) is 36.0 Å². The van der Waals surface area contributed by atoms with Gasteiger partial charge < -0.3 is 9.84 Å². The Kier molecular flexibility index (Phi) is 6.94. The molecule has 0 aliphatic rings. The van der Waals surface area contributed by atoms with Crippen LogP contribution in [0.2, 0.25) is 5.02 Å². The van der Waals surface area contributed by atoms with Gasteiger partial charge in [-0.15, -0.1) is 13.2 Å². The molecule has 3 rings (SSSR count). The Morgan fingerprint density at radius 3 is 2.38 bits per heavy atom. The van der Waals surface area contributed by atoms with E-state index in [1.54, 1.807) is 0 Å². The first-order valence-electron chi connectivity index (χ1n) is 9.42. The Morgan fingerprint density at radius 1 is 1.15 bits per heavy atom. The number of alkyl halides is 3. The second-order valence-electron chi connectivity index (χ2n) is 6.98. The second kappa shape index (κ2) is 9.39. The Hall–Kier alpha value is -3.51. The Morgan fingerprint density at radius 2 is 1.79 bits per heavy atom. The predicted molar refractivity (Wildman–Crippen MR) is 118 cm³/mol. The molecule has 8 nitrogen and oxygen atoms in total. The molecule has 0 unspecified atom stereocenters. The fourth-order valence-electron chi connectivity index (χ4n) is 3.06. The van der Waals surface area contributed by atoms with Crippen LogP contribution in [0.5, 0.6) is 11.5 Å². The van der Waals surface area contributed by atoms with Crippen LogP contribution in [0.25, 0.3) is 0 Å². The number of nitrogens with one attached hydrogen (secondary N) is 1. The van der Waals surface area contributed by atoms with E-state index in [1.165, 1.54) is 44.3 Å². The molecule has 2 aromatic carbocycles. The van der Waals surface area contributed by atoms with E-state index in [9.17, 15) is 31.5 Å². The molecule has 0 atom stereocenters. The summed E-state index contributed by atoms with van der Waals surface area (Å²) in [6, 6.07) is 9.19. The first kappa shape index (κ1) is 25.1. The number of rotatable bonds is 6. The smallest absolute Gasteiger partial charge is 0.506 e. The summed E-state index contributed by atoms with van der Waals surface area (Å²) in [4.78, 5) is 11.9. The van der Waals surface area contributed by atoms with Crippen LogP contribution in [0.15, 0.2) is 58.5 Å². The highest BCUT2D eigenvalue weighted by molar-refractivity contribution is 7.90. The molecule has 0 radical (unpaired) electrons. The van der Waals surface area contributed by atoms with Crippen LogP contribution in [-0.2, 0) is 10.0 Å². The SMILES string of the molecule is Cc1cc(C=NNC(=O)c2ccc(O)c(Cl)c2)c(C)n1S(=O)(=O)c1ccc(OC(F)(F)F)cc1. The number of halogens is 4. The van der Waals surface area contributed by atoms with Crippen molar-refractivity contribution >= 4 is 33.7 Å². The summed E-state index contributed by atoms with van der Waals surface area (Å²) in [5.74, 6) is -1.34. The van der Waals surface area contributed by atoms with Gasteiger partial charge in [0.15, 0.2) is 0 Å². The maximum absolute atomic E-state index is 13.1. The number of ether oxygens (including phenoxy) is 1. The zero-order valence-electron chi connectivity index (χ0n) is 17.6. The van der Waals surface area contributed by atoms with Gasteiger partial charge in [-0.3, -0.25) is 4.79 Å². The largest absolute Gasteiger partial charge is 0.573 e. The molecule has 0 spiro atoms. The van der Waals surface area contributed by atoms with Gasteiger partial charge in [-0.05, 0) is 62.4 Å². The number of phenols is 1. The predicted octanol–water partition coefficient (Wildman–Crippen LogP) is 4.36. The van der Waals surface area contributed by atoms with Crippen LogP contribution in [0.4, 0.5) is 13.2 Å². The normalized spacial score (nSPS) is 12.2. The third-order valence-corrected chi connectivity index (χ3v) is 6.80. The van der Waals surface area contributed by atoms with Crippen molar-refractivity contribution in [3.8, 4) is 11.5 Å². The minimum Gasteiger partial charge on any atom is -0.506 e. The van der Waals surface area contributed by atoms with Crippen molar-refractivity contribution in [2.24, 2.45) is 5.10 Å². The molecule has 0 aliphatic carbocycles. The highest BCUT2D eigenvalue weighted by Crippen LogP contribution is 2.27. The van der Waals surface area contributed by atoms with Gasteiger partial charge in [0.05, 0.1) is 16.1 Å². The average molecular weight is 516 g/mol. The maximum atomic E-state index is 13.1. The van der Waals surface area contributed by atoms with Crippen LogP contribution >= 0.6 is 11.6 Å². The number of hydrogen-bond acceptors (Lipinski definition) is 6. The fourth-order valence-corrected chi connectivity index (χ4v) is 4.83. The number of aryl methyl sites for hydroxylation is 1.